The second-order valence-electron chi connectivity index (χ2n) is 6.54. The van der Waals surface area contributed by atoms with Crippen LogP contribution in [0.15, 0.2) is 11.6 Å². The largest absolute Gasteiger partial charge is 0.0822 e. The zero-order chi connectivity index (χ0) is 10.4. The molecule has 0 bridgehead atoms. The number of hydrogen-bond donors (Lipinski definition) is 0. The van der Waals surface area contributed by atoms with Gasteiger partial charge in [0, 0.05) is 0 Å². The number of allylic oxidation sites excluding steroid dienone is 2. The molecule has 0 aromatic rings. The summed E-state index contributed by atoms with van der Waals surface area (Å²) in [6.07, 6.45) is 9.67. The summed E-state index contributed by atoms with van der Waals surface area (Å²) in [6, 6.07) is 0. The molecule has 0 aromatic heterocycles. The van der Waals surface area contributed by atoms with Crippen LogP contribution >= 0.6 is 0 Å². The molecule has 0 heterocycles. The summed E-state index contributed by atoms with van der Waals surface area (Å²) in [6.45, 7) is 9.65. The van der Waals surface area contributed by atoms with Crippen molar-refractivity contribution in [3.8, 4) is 0 Å². The first-order valence-electron chi connectivity index (χ1n) is 6.11. The van der Waals surface area contributed by atoms with Crippen LogP contribution in [0.2, 0.25) is 0 Å². The second kappa shape index (κ2) is 3.12. The maximum absolute atomic E-state index is 2.52. The van der Waals surface area contributed by atoms with E-state index in [1.807, 2.05) is 0 Å². The van der Waals surface area contributed by atoms with Crippen molar-refractivity contribution in [2.75, 3.05) is 0 Å². The summed E-state index contributed by atoms with van der Waals surface area (Å²) in [5, 5.41) is 0. The molecule has 2 aliphatic rings. The molecule has 80 valence electrons. The van der Waals surface area contributed by atoms with Crippen LogP contribution in [0.25, 0.3) is 0 Å². The van der Waals surface area contributed by atoms with E-state index in [9.17, 15) is 0 Å². The molecule has 2 atom stereocenters. The van der Waals surface area contributed by atoms with Gasteiger partial charge >= 0.3 is 0 Å². The third-order valence-electron chi connectivity index (χ3n) is 4.49. The maximum Gasteiger partial charge on any atom is -0.0195 e. The topological polar surface area (TPSA) is 0 Å². The molecule has 0 heteroatoms. The molecule has 1 saturated carbocycles. The van der Waals surface area contributed by atoms with Gasteiger partial charge in [0.2, 0.25) is 0 Å². The SMILES string of the molecule is CC1=CC(C)C2(CCCC(C)(C)C2)C1. The lowest BCUT2D eigenvalue weighted by atomic mass is 9.59. The summed E-state index contributed by atoms with van der Waals surface area (Å²) in [7, 11) is 0. The smallest absolute Gasteiger partial charge is 0.0195 e. The van der Waals surface area contributed by atoms with Crippen LogP contribution in [0.1, 0.15) is 59.8 Å². The van der Waals surface area contributed by atoms with E-state index in [4.69, 9.17) is 0 Å². The van der Waals surface area contributed by atoms with Crippen molar-refractivity contribution in [3.05, 3.63) is 11.6 Å². The Morgan fingerprint density at radius 1 is 1.29 bits per heavy atom. The lowest BCUT2D eigenvalue weighted by molar-refractivity contribution is 0.0605. The minimum absolute atomic E-state index is 0.588. The van der Waals surface area contributed by atoms with Crippen LogP contribution in [0, 0.1) is 16.7 Å². The molecule has 0 aliphatic heterocycles. The molecule has 0 amide bonds. The highest BCUT2D eigenvalue weighted by Crippen LogP contribution is 2.56. The summed E-state index contributed by atoms with van der Waals surface area (Å²) in [4.78, 5) is 0. The molecule has 2 aliphatic carbocycles. The van der Waals surface area contributed by atoms with Crippen molar-refractivity contribution in [1.82, 2.24) is 0 Å². The van der Waals surface area contributed by atoms with E-state index in [0.29, 0.717) is 10.8 Å². The van der Waals surface area contributed by atoms with Crippen molar-refractivity contribution >= 4 is 0 Å². The molecular weight excluding hydrogens is 168 g/mol. The van der Waals surface area contributed by atoms with Crippen molar-refractivity contribution in [2.24, 2.45) is 16.7 Å². The fourth-order valence-corrected chi connectivity index (χ4v) is 3.97. The Bertz CT molecular complexity index is 259. The highest BCUT2D eigenvalue weighted by molar-refractivity contribution is 5.17. The van der Waals surface area contributed by atoms with Gasteiger partial charge in [0.1, 0.15) is 0 Å². The molecule has 0 saturated heterocycles. The minimum Gasteiger partial charge on any atom is -0.0822 e. The minimum atomic E-state index is 0.588. The van der Waals surface area contributed by atoms with Gasteiger partial charge < -0.3 is 0 Å². The molecular formula is C14H24. The van der Waals surface area contributed by atoms with E-state index in [1.54, 1.807) is 5.57 Å². The third-order valence-corrected chi connectivity index (χ3v) is 4.49. The van der Waals surface area contributed by atoms with Crippen LogP contribution in [-0.2, 0) is 0 Å². The Hall–Kier alpha value is -0.260. The summed E-state index contributed by atoms with van der Waals surface area (Å²) < 4.78 is 0. The summed E-state index contributed by atoms with van der Waals surface area (Å²) in [5.41, 5.74) is 2.87. The van der Waals surface area contributed by atoms with Gasteiger partial charge in [-0.1, -0.05) is 38.8 Å². The Balaban J connectivity index is 2.18. The maximum atomic E-state index is 2.52. The molecule has 0 N–H and O–H groups in total. The lowest BCUT2D eigenvalue weighted by Gasteiger charge is -2.46. The van der Waals surface area contributed by atoms with Gasteiger partial charge in [-0.15, -0.1) is 0 Å². The van der Waals surface area contributed by atoms with Gasteiger partial charge in [-0.3, -0.25) is 0 Å². The van der Waals surface area contributed by atoms with Crippen molar-refractivity contribution in [2.45, 2.75) is 59.8 Å². The quantitative estimate of drug-likeness (QED) is 0.494. The Morgan fingerprint density at radius 3 is 2.50 bits per heavy atom. The molecule has 2 rings (SSSR count). The van der Waals surface area contributed by atoms with Gasteiger partial charge in [-0.05, 0) is 49.4 Å². The van der Waals surface area contributed by atoms with Gasteiger partial charge in [0.05, 0.1) is 0 Å². The van der Waals surface area contributed by atoms with E-state index in [1.165, 1.54) is 32.1 Å². The fraction of sp³-hybridized carbons (Fsp3) is 0.857. The Morgan fingerprint density at radius 2 is 2.00 bits per heavy atom. The number of hydrogen-bond acceptors (Lipinski definition) is 0. The van der Waals surface area contributed by atoms with Gasteiger partial charge in [0.15, 0.2) is 0 Å². The first-order chi connectivity index (χ1) is 6.44. The van der Waals surface area contributed by atoms with Crippen LogP contribution in [0.5, 0.6) is 0 Å². The van der Waals surface area contributed by atoms with Crippen molar-refractivity contribution < 1.29 is 0 Å². The van der Waals surface area contributed by atoms with E-state index in [-0.39, 0.29) is 0 Å². The monoisotopic (exact) mass is 192 g/mol. The Kier molecular flexibility index (Phi) is 2.28. The average Bonchev–Trinajstić information content (AvgIpc) is 2.24. The van der Waals surface area contributed by atoms with Crippen molar-refractivity contribution in [1.29, 1.82) is 0 Å². The average molecular weight is 192 g/mol. The van der Waals surface area contributed by atoms with E-state index in [2.05, 4.69) is 33.8 Å². The standard InChI is InChI=1S/C14H24/c1-11-8-12(2)14(9-11)7-5-6-13(3,4)10-14/h8,12H,5-7,9-10H2,1-4H3. The molecule has 1 spiro atoms. The lowest BCUT2D eigenvalue weighted by Crippen LogP contribution is -2.35. The molecule has 14 heavy (non-hydrogen) atoms. The van der Waals surface area contributed by atoms with Gasteiger partial charge in [0.25, 0.3) is 0 Å². The van der Waals surface area contributed by atoms with Crippen LogP contribution in [0.4, 0.5) is 0 Å². The summed E-state index contributed by atoms with van der Waals surface area (Å²) in [5.74, 6) is 0.821. The first-order valence-corrected chi connectivity index (χ1v) is 6.11. The Labute approximate surface area is 88.8 Å². The molecule has 0 aromatic carbocycles. The highest BCUT2D eigenvalue weighted by atomic mass is 14.5. The van der Waals surface area contributed by atoms with E-state index >= 15 is 0 Å². The fourth-order valence-electron chi connectivity index (χ4n) is 3.97. The van der Waals surface area contributed by atoms with Crippen LogP contribution in [0.3, 0.4) is 0 Å². The molecule has 2 unspecified atom stereocenters. The van der Waals surface area contributed by atoms with Crippen LogP contribution in [-0.4, -0.2) is 0 Å². The molecule has 0 nitrogen and oxygen atoms in total. The summed E-state index contributed by atoms with van der Waals surface area (Å²) >= 11 is 0. The predicted octanol–water partition coefficient (Wildman–Crippen LogP) is 4.56. The molecule has 1 fully saturated rings. The normalized spacial score (nSPS) is 41.4. The predicted molar refractivity (Wildman–Crippen MR) is 62.2 cm³/mol. The van der Waals surface area contributed by atoms with Crippen molar-refractivity contribution in [3.63, 3.8) is 0 Å². The first kappa shape index (κ1) is 10.3. The third kappa shape index (κ3) is 1.64. The number of rotatable bonds is 0. The second-order valence-corrected chi connectivity index (χ2v) is 6.54. The molecule has 0 radical (unpaired) electrons. The van der Waals surface area contributed by atoms with Gasteiger partial charge in [-0.2, -0.15) is 0 Å². The zero-order valence-electron chi connectivity index (χ0n) is 10.2. The van der Waals surface area contributed by atoms with Crippen LogP contribution < -0.4 is 0 Å². The zero-order valence-corrected chi connectivity index (χ0v) is 10.2. The van der Waals surface area contributed by atoms with E-state index < -0.39 is 0 Å². The van der Waals surface area contributed by atoms with Gasteiger partial charge in [-0.25, -0.2) is 0 Å². The van der Waals surface area contributed by atoms with E-state index in [0.717, 1.165) is 5.92 Å². The highest BCUT2D eigenvalue weighted by Gasteiger charge is 2.45.